The molecule has 144 valence electrons. The molecule has 0 saturated heterocycles. The molecular weight excluding hydrogens is 407 g/mol. The summed E-state index contributed by atoms with van der Waals surface area (Å²) in [5.74, 6) is 0.941. The van der Waals surface area contributed by atoms with E-state index in [1.807, 2.05) is 0 Å². The van der Waals surface area contributed by atoms with Gasteiger partial charge in [-0.15, -0.1) is 24.8 Å². The number of nitrogens with one attached hydrogen (secondary N) is 1. The molecular formula is C15H25Cl3N4O2S. The first-order valence-corrected chi connectivity index (χ1v) is 9.54. The summed E-state index contributed by atoms with van der Waals surface area (Å²) >= 11 is 5.96. The summed E-state index contributed by atoms with van der Waals surface area (Å²) in [7, 11) is -3.56. The molecule has 10 heteroatoms. The van der Waals surface area contributed by atoms with Crippen LogP contribution in [0.25, 0.3) is 0 Å². The average molecular weight is 432 g/mol. The van der Waals surface area contributed by atoms with Gasteiger partial charge in [-0.25, -0.2) is 13.1 Å². The Bertz CT molecular complexity index is 658. The van der Waals surface area contributed by atoms with Gasteiger partial charge in [-0.2, -0.15) is 0 Å². The molecule has 0 atom stereocenters. The van der Waals surface area contributed by atoms with Crippen LogP contribution in [-0.4, -0.2) is 27.5 Å². The quantitative estimate of drug-likeness (QED) is 0.474. The van der Waals surface area contributed by atoms with Gasteiger partial charge in [0.2, 0.25) is 10.0 Å². The number of nitrogens with zero attached hydrogens (tertiary/aromatic N) is 1. The number of rotatable bonds is 6. The van der Waals surface area contributed by atoms with Gasteiger partial charge >= 0.3 is 0 Å². The van der Waals surface area contributed by atoms with Gasteiger partial charge in [0.05, 0.1) is 5.02 Å². The Kier molecular flexibility index (Phi) is 10.8. The van der Waals surface area contributed by atoms with E-state index in [1.165, 1.54) is 6.07 Å². The number of sulfonamides is 1. The van der Waals surface area contributed by atoms with E-state index in [-0.39, 0.29) is 40.7 Å². The predicted octanol–water partition coefficient (Wildman–Crippen LogP) is 2.54. The number of benzene rings is 1. The highest BCUT2D eigenvalue weighted by atomic mass is 35.5. The lowest BCUT2D eigenvalue weighted by Crippen LogP contribution is -2.32. The number of halogens is 3. The molecule has 1 aliphatic rings. The van der Waals surface area contributed by atoms with Crippen molar-refractivity contribution in [3.05, 3.63) is 29.3 Å². The third-order valence-electron chi connectivity index (χ3n) is 4.19. The van der Waals surface area contributed by atoms with Crippen LogP contribution in [0.2, 0.25) is 5.02 Å². The summed E-state index contributed by atoms with van der Waals surface area (Å²) in [5.41, 5.74) is 10.7. The van der Waals surface area contributed by atoms with Gasteiger partial charge in [0.1, 0.15) is 4.90 Å². The molecule has 0 amide bonds. The zero-order chi connectivity index (χ0) is 16.9. The van der Waals surface area contributed by atoms with E-state index < -0.39 is 10.0 Å². The fourth-order valence-corrected chi connectivity index (χ4v) is 4.45. The minimum Gasteiger partial charge on any atom is -0.370 e. The summed E-state index contributed by atoms with van der Waals surface area (Å²) in [6.45, 7) is 1.09. The molecule has 0 unspecified atom stereocenters. The van der Waals surface area contributed by atoms with Crippen LogP contribution in [0.4, 0.5) is 0 Å². The van der Waals surface area contributed by atoms with Crippen LogP contribution >= 0.6 is 36.4 Å². The molecule has 2 rings (SSSR count). The molecule has 0 radical (unpaired) electrons. The maximum atomic E-state index is 12.3. The SMILES string of the molecule is Cl.Cl.NC(N)=NCC1CCC(CNS(=O)(=O)c2ccccc2Cl)CC1. The van der Waals surface area contributed by atoms with Gasteiger partial charge in [0.25, 0.3) is 0 Å². The van der Waals surface area contributed by atoms with Crippen LogP contribution in [0, 0.1) is 11.8 Å². The minimum atomic E-state index is -3.56. The molecule has 0 heterocycles. The zero-order valence-corrected chi connectivity index (χ0v) is 16.9. The van der Waals surface area contributed by atoms with E-state index in [0.717, 1.165) is 25.7 Å². The van der Waals surface area contributed by atoms with Gasteiger partial charge in [0, 0.05) is 13.1 Å². The lowest BCUT2D eigenvalue weighted by Gasteiger charge is -2.27. The van der Waals surface area contributed by atoms with Crippen molar-refractivity contribution in [3.63, 3.8) is 0 Å². The molecule has 1 fully saturated rings. The van der Waals surface area contributed by atoms with E-state index in [1.54, 1.807) is 18.2 Å². The summed E-state index contributed by atoms with van der Waals surface area (Å²) in [6.07, 6.45) is 3.95. The topological polar surface area (TPSA) is 111 Å². The zero-order valence-electron chi connectivity index (χ0n) is 13.7. The molecule has 0 aromatic heterocycles. The third-order valence-corrected chi connectivity index (χ3v) is 6.11. The van der Waals surface area contributed by atoms with Crippen molar-refractivity contribution in [1.29, 1.82) is 0 Å². The van der Waals surface area contributed by atoms with Crippen molar-refractivity contribution < 1.29 is 8.42 Å². The van der Waals surface area contributed by atoms with Gasteiger partial charge in [-0.05, 0) is 49.7 Å². The highest BCUT2D eigenvalue weighted by Gasteiger charge is 2.24. The Balaban J connectivity index is 0.00000288. The Morgan fingerprint density at radius 2 is 1.68 bits per heavy atom. The van der Waals surface area contributed by atoms with Crippen LogP contribution in [0.1, 0.15) is 25.7 Å². The summed E-state index contributed by atoms with van der Waals surface area (Å²) in [6, 6.07) is 6.45. The van der Waals surface area contributed by atoms with Crippen LogP contribution in [0.3, 0.4) is 0 Å². The van der Waals surface area contributed by atoms with E-state index >= 15 is 0 Å². The maximum Gasteiger partial charge on any atom is 0.242 e. The summed E-state index contributed by atoms with van der Waals surface area (Å²) in [5, 5.41) is 0.237. The first-order chi connectivity index (χ1) is 10.9. The second-order valence-electron chi connectivity index (χ2n) is 5.93. The molecule has 25 heavy (non-hydrogen) atoms. The smallest absolute Gasteiger partial charge is 0.242 e. The Morgan fingerprint density at radius 3 is 2.24 bits per heavy atom. The fourth-order valence-electron chi connectivity index (χ4n) is 2.82. The molecule has 0 bridgehead atoms. The molecule has 1 aliphatic carbocycles. The molecule has 6 nitrogen and oxygen atoms in total. The van der Waals surface area contributed by atoms with Crippen LogP contribution < -0.4 is 16.2 Å². The van der Waals surface area contributed by atoms with Gasteiger partial charge < -0.3 is 11.5 Å². The van der Waals surface area contributed by atoms with Gasteiger partial charge in [-0.1, -0.05) is 23.7 Å². The molecule has 0 spiro atoms. The minimum absolute atomic E-state index is 0. The van der Waals surface area contributed by atoms with Crippen LogP contribution in [0.15, 0.2) is 34.2 Å². The Hall–Kier alpha value is -0.730. The van der Waals surface area contributed by atoms with Gasteiger partial charge in [-0.3, -0.25) is 4.99 Å². The third kappa shape index (κ3) is 7.58. The van der Waals surface area contributed by atoms with E-state index in [4.69, 9.17) is 23.1 Å². The normalized spacial score (nSPS) is 20.0. The second kappa shape index (κ2) is 11.1. The van der Waals surface area contributed by atoms with E-state index in [9.17, 15) is 8.42 Å². The van der Waals surface area contributed by atoms with Gasteiger partial charge in [0.15, 0.2) is 5.96 Å². The summed E-state index contributed by atoms with van der Waals surface area (Å²) < 4.78 is 27.3. The van der Waals surface area contributed by atoms with E-state index in [0.29, 0.717) is 24.9 Å². The molecule has 1 aromatic rings. The second-order valence-corrected chi connectivity index (χ2v) is 8.08. The number of guanidine groups is 1. The predicted molar refractivity (Wildman–Crippen MR) is 107 cm³/mol. The first kappa shape index (κ1) is 24.3. The Morgan fingerprint density at radius 1 is 1.12 bits per heavy atom. The number of aliphatic imine (C=N–C) groups is 1. The highest BCUT2D eigenvalue weighted by molar-refractivity contribution is 7.89. The highest BCUT2D eigenvalue weighted by Crippen LogP contribution is 2.29. The molecule has 5 N–H and O–H groups in total. The molecule has 1 aromatic carbocycles. The standard InChI is InChI=1S/C15H23ClN4O2S.2ClH/c16-13-3-1-2-4-14(13)23(21,22)20-10-12-7-5-11(6-8-12)9-19-15(17)18;;/h1-4,11-12,20H,5-10H2,(H4,17,18,19);2*1H. The maximum absolute atomic E-state index is 12.3. The van der Waals surface area contributed by atoms with Crippen molar-refractivity contribution in [2.45, 2.75) is 30.6 Å². The van der Waals surface area contributed by atoms with E-state index in [2.05, 4.69) is 9.71 Å². The van der Waals surface area contributed by atoms with Crippen LogP contribution in [0.5, 0.6) is 0 Å². The molecule has 0 aliphatic heterocycles. The number of hydrogen-bond donors (Lipinski definition) is 3. The lowest BCUT2D eigenvalue weighted by molar-refractivity contribution is 0.280. The summed E-state index contributed by atoms with van der Waals surface area (Å²) in [4.78, 5) is 4.18. The monoisotopic (exact) mass is 430 g/mol. The largest absolute Gasteiger partial charge is 0.370 e. The van der Waals surface area contributed by atoms with Crippen molar-refractivity contribution in [2.24, 2.45) is 28.3 Å². The fraction of sp³-hybridized carbons (Fsp3) is 0.533. The number of nitrogens with two attached hydrogens (primary N) is 2. The van der Waals surface area contributed by atoms with Crippen molar-refractivity contribution >= 4 is 52.4 Å². The van der Waals surface area contributed by atoms with Crippen molar-refractivity contribution in [3.8, 4) is 0 Å². The Labute approximate surface area is 166 Å². The first-order valence-electron chi connectivity index (χ1n) is 7.68. The molecule has 1 saturated carbocycles. The average Bonchev–Trinajstić information content (AvgIpc) is 2.52. The lowest BCUT2D eigenvalue weighted by atomic mass is 9.82. The number of hydrogen-bond acceptors (Lipinski definition) is 3. The van der Waals surface area contributed by atoms with Crippen molar-refractivity contribution in [1.82, 2.24) is 4.72 Å². The van der Waals surface area contributed by atoms with Crippen LogP contribution in [-0.2, 0) is 10.0 Å². The van der Waals surface area contributed by atoms with Crippen molar-refractivity contribution in [2.75, 3.05) is 13.1 Å².